The van der Waals surface area contributed by atoms with Crippen LogP contribution in [0.2, 0.25) is 0 Å². The molecule has 0 fully saturated rings. The molecule has 4 aromatic heterocycles. The van der Waals surface area contributed by atoms with Gasteiger partial charge in [-0.2, -0.15) is 9.97 Å². The molecule has 0 unspecified atom stereocenters. The standard InChI is InChI=1S/C24H24N8O/c1-26-21-7-5-16-4-6-18(11-20(16)28-21)33-14-15-10-17(13-27-12-15)32-9-8-19-22(25)29-24(31(2)3)30-23(19)32/h4-13H,14H2,1-3H3,(H,26,28)(H2,25,29,30). The SMILES string of the molecule is CNc1ccc2ccc(OCc3cncc(-n4ccc5c(N)nc(N(C)C)nc54)c3)cc2n1. The Bertz CT molecular complexity index is 1460. The van der Waals surface area contributed by atoms with Gasteiger partial charge in [0, 0.05) is 50.6 Å². The molecular weight excluding hydrogens is 416 g/mol. The zero-order chi connectivity index (χ0) is 22.9. The summed E-state index contributed by atoms with van der Waals surface area (Å²) in [6.45, 7) is 0.372. The van der Waals surface area contributed by atoms with Crippen LogP contribution in [0.25, 0.3) is 27.6 Å². The van der Waals surface area contributed by atoms with Crippen LogP contribution in [0.5, 0.6) is 5.75 Å². The van der Waals surface area contributed by atoms with Crippen LogP contribution in [0, 0.1) is 0 Å². The fourth-order valence-corrected chi connectivity index (χ4v) is 3.61. The first-order chi connectivity index (χ1) is 16.0. The van der Waals surface area contributed by atoms with Gasteiger partial charge in [-0.15, -0.1) is 0 Å². The smallest absolute Gasteiger partial charge is 0.228 e. The minimum absolute atomic E-state index is 0.372. The van der Waals surface area contributed by atoms with Crippen molar-refractivity contribution in [3.05, 3.63) is 66.6 Å². The minimum atomic E-state index is 0.372. The van der Waals surface area contributed by atoms with E-state index in [1.165, 1.54) is 0 Å². The quantitative estimate of drug-likeness (QED) is 0.412. The topological polar surface area (TPSA) is 107 Å². The molecule has 4 heterocycles. The maximum atomic E-state index is 6.15. The van der Waals surface area contributed by atoms with Crippen LogP contribution in [0.1, 0.15) is 5.56 Å². The van der Waals surface area contributed by atoms with Crippen LogP contribution in [-0.4, -0.2) is 45.6 Å². The second-order valence-corrected chi connectivity index (χ2v) is 7.87. The van der Waals surface area contributed by atoms with E-state index in [0.717, 1.165) is 44.8 Å². The molecule has 0 atom stereocenters. The van der Waals surface area contributed by atoms with E-state index >= 15 is 0 Å². The molecule has 0 amide bonds. The van der Waals surface area contributed by atoms with Gasteiger partial charge in [0.1, 0.15) is 24.0 Å². The number of fused-ring (bicyclic) bond motifs is 2. The molecule has 1 aromatic carbocycles. The normalized spacial score (nSPS) is 11.1. The molecular formula is C24H24N8O. The third kappa shape index (κ3) is 3.96. The Morgan fingerprint density at radius 2 is 1.88 bits per heavy atom. The highest BCUT2D eigenvalue weighted by molar-refractivity contribution is 5.88. The van der Waals surface area contributed by atoms with E-state index in [0.29, 0.717) is 18.4 Å². The van der Waals surface area contributed by atoms with Crippen LogP contribution >= 0.6 is 0 Å². The number of hydrogen-bond acceptors (Lipinski definition) is 8. The number of nitrogens with two attached hydrogens (primary N) is 1. The monoisotopic (exact) mass is 440 g/mol. The summed E-state index contributed by atoms with van der Waals surface area (Å²) in [7, 11) is 5.62. The van der Waals surface area contributed by atoms with Gasteiger partial charge in [-0.3, -0.25) is 9.55 Å². The summed E-state index contributed by atoms with van der Waals surface area (Å²) < 4.78 is 8.00. The predicted octanol–water partition coefficient (Wildman–Crippen LogP) is 3.63. The van der Waals surface area contributed by atoms with Crippen molar-refractivity contribution in [3.8, 4) is 11.4 Å². The van der Waals surface area contributed by atoms with Gasteiger partial charge in [0.2, 0.25) is 5.95 Å². The van der Waals surface area contributed by atoms with Gasteiger partial charge < -0.3 is 20.7 Å². The molecule has 0 bridgehead atoms. The Morgan fingerprint density at radius 3 is 2.70 bits per heavy atom. The molecule has 0 aliphatic rings. The van der Waals surface area contributed by atoms with E-state index in [-0.39, 0.29) is 0 Å². The maximum Gasteiger partial charge on any atom is 0.228 e. The number of ether oxygens (including phenoxy) is 1. The fraction of sp³-hybridized carbons (Fsp3) is 0.167. The third-order valence-electron chi connectivity index (χ3n) is 5.35. The van der Waals surface area contributed by atoms with Crippen LogP contribution in [0.15, 0.2) is 61.1 Å². The zero-order valence-corrected chi connectivity index (χ0v) is 18.6. The highest BCUT2D eigenvalue weighted by Gasteiger charge is 2.13. The summed E-state index contributed by atoms with van der Waals surface area (Å²) in [5.74, 6) is 2.56. The molecule has 0 saturated carbocycles. The van der Waals surface area contributed by atoms with Gasteiger partial charge in [-0.1, -0.05) is 0 Å². The first-order valence-electron chi connectivity index (χ1n) is 10.5. The van der Waals surface area contributed by atoms with Crippen molar-refractivity contribution in [2.45, 2.75) is 6.61 Å². The van der Waals surface area contributed by atoms with Gasteiger partial charge in [-0.25, -0.2) is 4.98 Å². The fourth-order valence-electron chi connectivity index (χ4n) is 3.61. The Balaban J connectivity index is 1.42. The van der Waals surface area contributed by atoms with Gasteiger partial charge in [0.05, 0.1) is 22.8 Å². The number of nitrogens with one attached hydrogen (secondary N) is 1. The second-order valence-electron chi connectivity index (χ2n) is 7.87. The van der Waals surface area contributed by atoms with Crippen molar-refractivity contribution >= 4 is 39.5 Å². The van der Waals surface area contributed by atoms with Crippen molar-refractivity contribution in [2.24, 2.45) is 0 Å². The molecule has 9 heteroatoms. The van der Waals surface area contributed by atoms with Crippen molar-refractivity contribution in [1.29, 1.82) is 0 Å². The molecule has 0 aliphatic heterocycles. The van der Waals surface area contributed by atoms with E-state index in [2.05, 4.69) is 25.3 Å². The number of benzene rings is 1. The van der Waals surface area contributed by atoms with Gasteiger partial charge in [0.15, 0.2) is 5.65 Å². The maximum absolute atomic E-state index is 6.15. The number of hydrogen-bond donors (Lipinski definition) is 2. The minimum Gasteiger partial charge on any atom is -0.489 e. The average Bonchev–Trinajstić information content (AvgIpc) is 3.27. The molecule has 0 spiro atoms. The van der Waals surface area contributed by atoms with E-state index in [1.807, 2.05) is 79.3 Å². The Morgan fingerprint density at radius 1 is 1.03 bits per heavy atom. The van der Waals surface area contributed by atoms with E-state index < -0.39 is 0 Å². The molecule has 0 radical (unpaired) electrons. The lowest BCUT2D eigenvalue weighted by molar-refractivity contribution is 0.306. The Labute approximate surface area is 190 Å². The summed E-state index contributed by atoms with van der Waals surface area (Å²) in [5.41, 5.74) is 9.55. The summed E-state index contributed by atoms with van der Waals surface area (Å²) in [5, 5.41) is 4.92. The summed E-state index contributed by atoms with van der Waals surface area (Å²) in [4.78, 5) is 19.8. The Hall–Kier alpha value is -4.40. The highest BCUT2D eigenvalue weighted by atomic mass is 16.5. The van der Waals surface area contributed by atoms with Gasteiger partial charge in [0.25, 0.3) is 0 Å². The molecule has 0 aliphatic carbocycles. The average molecular weight is 441 g/mol. The lowest BCUT2D eigenvalue weighted by Crippen LogP contribution is -2.14. The Kier molecular flexibility index (Phi) is 5.14. The summed E-state index contributed by atoms with van der Waals surface area (Å²) in [6.07, 6.45) is 5.50. The number of pyridine rings is 2. The molecule has 166 valence electrons. The first kappa shape index (κ1) is 20.5. The largest absolute Gasteiger partial charge is 0.489 e. The van der Waals surface area contributed by atoms with Crippen LogP contribution in [-0.2, 0) is 6.61 Å². The molecule has 5 aromatic rings. The molecule has 33 heavy (non-hydrogen) atoms. The van der Waals surface area contributed by atoms with Crippen LogP contribution < -0.4 is 20.7 Å². The second kappa shape index (κ2) is 8.27. The first-order valence-corrected chi connectivity index (χ1v) is 10.5. The van der Waals surface area contributed by atoms with Gasteiger partial charge >= 0.3 is 0 Å². The van der Waals surface area contributed by atoms with E-state index in [1.54, 1.807) is 12.4 Å². The number of nitrogens with zero attached hydrogens (tertiary/aromatic N) is 6. The lowest BCUT2D eigenvalue weighted by Gasteiger charge is -2.12. The van der Waals surface area contributed by atoms with Crippen molar-refractivity contribution in [3.63, 3.8) is 0 Å². The van der Waals surface area contributed by atoms with E-state index in [9.17, 15) is 0 Å². The number of rotatable bonds is 6. The molecule has 9 nitrogen and oxygen atoms in total. The van der Waals surface area contributed by atoms with Gasteiger partial charge in [-0.05, 0) is 36.4 Å². The molecule has 5 rings (SSSR count). The lowest BCUT2D eigenvalue weighted by atomic mass is 10.2. The van der Waals surface area contributed by atoms with Crippen LogP contribution in [0.4, 0.5) is 17.6 Å². The van der Waals surface area contributed by atoms with Crippen molar-refractivity contribution in [2.75, 3.05) is 37.1 Å². The predicted molar refractivity (Wildman–Crippen MR) is 131 cm³/mol. The van der Waals surface area contributed by atoms with Crippen molar-refractivity contribution in [1.82, 2.24) is 24.5 Å². The highest BCUT2D eigenvalue weighted by Crippen LogP contribution is 2.26. The van der Waals surface area contributed by atoms with E-state index in [4.69, 9.17) is 10.5 Å². The summed E-state index contributed by atoms with van der Waals surface area (Å²) >= 11 is 0. The number of anilines is 3. The molecule has 0 saturated heterocycles. The summed E-state index contributed by atoms with van der Waals surface area (Å²) in [6, 6.07) is 13.8. The number of nitrogen functional groups attached to an aromatic ring is 1. The molecule has 3 N–H and O–H groups in total. The number of aromatic nitrogens is 5. The van der Waals surface area contributed by atoms with Crippen molar-refractivity contribution < 1.29 is 4.74 Å². The van der Waals surface area contributed by atoms with Crippen LogP contribution in [0.3, 0.4) is 0 Å². The zero-order valence-electron chi connectivity index (χ0n) is 18.6. The third-order valence-corrected chi connectivity index (χ3v) is 5.35.